The first-order chi connectivity index (χ1) is 9.47. The van der Waals surface area contributed by atoms with Gasteiger partial charge in [-0.1, -0.05) is 11.6 Å². The summed E-state index contributed by atoms with van der Waals surface area (Å²) in [6.45, 7) is 0. The SMILES string of the molecule is Nc1nc2cc(F)c(Cl)cc2n1-c1ccc(F)cc1I. The summed E-state index contributed by atoms with van der Waals surface area (Å²) in [6.07, 6.45) is 0. The van der Waals surface area contributed by atoms with Crippen molar-refractivity contribution in [2.24, 2.45) is 0 Å². The predicted molar refractivity (Wildman–Crippen MR) is 83.1 cm³/mol. The Bertz CT molecular complexity index is 832. The van der Waals surface area contributed by atoms with Crippen molar-refractivity contribution in [1.29, 1.82) is 0 Å². The molecule has 0 atom stereocenters. The third-order valence-electron chi connectivity index (χ3n) is 2.87. The quantitative estimate of drug-likeness (QED) is 0.618. The Morgan fingerprint density at radius 3 is 2.65 bits per heavy atom. The lowest BCUT2D eigenvalue weighted by Gasteiger charge is -2.09. The summed E-state index contributed by atoms with van der Waals surface area (Å²) in [5, 5.41) is -0.0178. The maximum absolute atomic E-state index is 13.5. The van der Waals surface area contributed by atoms with Gasteiger partial charge in [0.1, 0.15) is 11.6 Å². The molecule has 3 nitrogen and oxygen atoms in total. The van der Waals surface area contributed by atoms with Crippen molar-refractivity contribution in [3.8, 4) is 5.69 Å². The third kappa shape index (κ3) is 2.12. The van der Waals surface area contributed by atoms with Gasteiger partial charge in [-0.05, 0) is 46.9 Å². The molecule has 0 fully saturated rings. The number of fused-ring (bicyclic) bond motifs is 1. The molecule has 3 aromatic rings. The number of nitrogens with two attached hydrogens (primary N) is 1. The minimum Gasteiger partial charge on any atom is -0.369 e. The first-order valence-electron chi connectivity index (χ1n) is 5.56. The van der Waals surface area contributed by atoms with Gasteiger partial charge in [0.15, 0.2) is 0 Å². The molecule has 0 aliphatic carbocycles. The highest BCUT2D eigenvalue weighted by Gasteiger charge is 2.15. The molecule has 20 heavy (non-hydrogen) atoms. The van der Waals surface area contributed by atoms with E-state index in [0.29, 0.717) is 20.3 Å². The Labute approximate surface area is 131 Å². The fourth-order valence-corrected chi connectivity index (χ4v) is 2.88. The Hall–Kier alpha value is -1.41. The van der Waals surface area contributed by atoms with Crippen molar-refractivity contribution in [2.75, 3.05) is 5.73 Å². The Morgan fingerprint density at radius 2 is 1.95 bits per heavy atom. The summed E-state index contributed by atoms with van der Waals surface area (Å²) in [6, 6.07) is 6.97. The van der Waals surface area contributed by atoms with Crippen LogP contribution < -0.4 is 5.73 Å². The second-order valence-electron chi connectivity index (χ2n) is 4.16. The van der Waals surface area contributed by atoms with Crippen LogP contribution in [-0.4, -0.2) is 9.55 Å². The molecule has 0 unspecified atom stereocenters. The van der Waals surface area contributed by atoms with Crippen molar-refractivity contribution >= 4 is 51.2 Å². The highest BCUT2D eigenvalue weighted by molar-refractivity contribution is 14.1. The smallest absolute Gasteiger partial charge is 0.205 e. The predicted octanol–water partition coefficient (Wildman–Crippen LogP) is 4.14. The minimum atomic E-state index is -0.558. The summed E-state index contributed by atoms with van der Waals surface area (Å²) in [5.74, 6) is -0.714. The average Bonchev–Trinajstić information content (AvgIpc) is 2.66. The van der Waals surface area contributed by atoms with Gasteiger partial charge in [0.25, 0.3) is 0 Å². The van der Waals surface area contributed by atoms with Crippen LogP contribution in [0.4, 0.5) is 14.7 Å². The Kier molecular flexibility index (Phi) is 3.29. The first-order valence-corrected chi connectivity index (χ1v) is 7.01. The zero-order valence-corrected chi connectivity index (χ0v) is 12.8. The van der Waals surface area contributed by atoms with E-state index in [2.05, 4.69) is 4.98 Å². The molecule has 0 spiro atoms. The van der Waals surface area contributed by atoms with E-state index < -0.39 is 5.82 Å². The number of benzene rings is 2. The maximum atomic E-state index is 13.5. The number of nitrogens with zero attached hydrogens (tertiary/aromatic N) is 2. The highest BCUT2D eigenvalue weighted by atomic mass is 127. The first kappa shape index (κ1) is 13.6. The van der Waals surface area contributed by atoms with Crippen molar-refractivity contribution in [1.82, 2.24) is 9.55 Å². The lowest BCUT2D eigenvalue weighted by atomic mass is 10.2. The molecule has 0 saturated carbocycles. The van der Waals surface area contributed by atoms with Crippen molar-refractivity contribution in [2.45, 2.75) is 0 Å². The molecule has 2 aromatic carbocycles. The van der Waals surface area contributed by atoms with Gasteiger partial charge in [0.05, 0.1) is 21.7 Å². The zero-order valence-electron chi connectivity index (χ0n) is 9.87. The van der Waals surface area contributed by atoms with Gasteiger partial charge in [-0.25, -0.2) is 13.8 Å². The van der Waals surface area contributed by atoms with Gasteiger partial charge in [0, 0.05) is 9.64 Å². The van der Waals surface area contributed by atoms with Crippen LogP contribution in [0.5, 0.6) is 0 Å². The molecule has 1 heterocycles. The lowest BCUT2D eigenvalue weighted by Crippen LogP contribution is -2.02. The molecule has 0 radical (unpaired) electrons. The second-order valence-corrected chi connectivity index (χ2v) is 5.73. The summed E-state index contributed by atoms with van der Waals surface area (Å²) in [4.78, 5) is 4.10. The molecule has 2 N–H and O–H groups in total. The van der Waals surface area contributed by atoms with Gasteiger partial charge >= 0.3 is 0 Å². The topological polar surface area (TPSA) is 43.8 Å². The van der Waals surface area contributed by atoms with E-state index in [1.54, 1.807) is 10.6 Å². The number of rotatable bonds is 1. The van der Waals surface area contributed by atoms with Crippen LogP contribution in [0.1, 0.15) is 0 Å². The number of hydrogen-bond acceptors (Lipinski definition) is 2. The van der Waals surface area contributed by atoms with E-state index >= 15 is 0 Å². The van der Waals surface area contributed by atoms with Gasteiger partial charge in [-0.3, -0.25) is 4.57 Å². The molecule has 0 amide bonds. The molecular formula is C13H7ClF2IN3. The summed E-state index contributed by atoms with van der Waals surface area (Å²) in [7, 11) is 0. The summed E-state index contributed by atoms with van der Waals surface area (Å²) < 4.78 is 28.9. The second kappa shape index (κ2) is 4.85. The lowest BCUT2D eigenvalue weighted by molar-refractivity contribution is 0.626. The highest BCUT2D eigenvalue weighted by Crippen LogP contribution is 2.29. The molecular weight excluding hydrogens is 399 g/mol. The number of anilines is 1. The average molecular weight is 406 g/mol. The molecule has 0 aliphatic heterocycles. The normalized spacial score (nSPS) is 11.2. The van der Waals surface area contributed by atoms with Crippen LogP contribution in [0, 0.1) is 15.2 Å². The monoisotopic (exact) mass is 405 g/mol. The minimum absolute atomic E-state index is 0.0178. The third-order valence-corrected chi connectivity index (χ3v) is 4.03. The molecule has 0 saturated heterocycles. The van der Waals surface area contributed by atoms with Crippen LogP contribution in [0.15, 0.2) is 30.3 Å². The molecule has 3 rings (SSSR count). The fraction of sp³-hybridized carbons (Fsp3) is 0. The fourth-order valence-electron chi connectivity index (χ4n) is 2.01. The van der Waals surface area contributed by atoms with Gasteiger partial charge in [-0.15, -0.1) is 0 Å². The van der Waals surface area contributed by atoms with E-state index in [1.807, 2.05) is 22.6 Å². The van der Waals surface area contributed by atoms with Crippen molar-refractivity contribution in [3.63, 3.8) is 0 Å². The number of halogens is 4. The maximum Gasteiger partial charge on any atom is 0.205 e. The summed E-state index contributed by atoms with van der Waals surface area (Å²) >= 11 is 7.80. The zero-order chi connectivity index (χ0) is 14.4. The van der Waals surface area contributed by atoms with Gasteiger partial charge in [0.2, 0.25) is 5.95 Å². The van der Waals surface area contributed by atoms with Crippen LogP contribution >= 0.6 is 34.2 Å². The number of imidazole rings is 1. The Morgan fingerprint density at radius 1 is 1.20 bits per heavy atom. The van der Waals surface area contributed by atoms with Crippen LogP contribution in [-0.2, 0) is 0 Å². The van der Waals surface area contributed by atoms with Crippen molar-refractivity contribution in [3.05, 3.63) is 50.6 Å². The Balaban J connectivity index is 2.35. The van der Waals surface area contributed by atoms with E-state index in [4.69, 9.17) is 17.3 Å². The molecule has 1 aromatic heterocycles. The van der Waals surface area contributed by atoms with Gasteiger partial charge in [-0.2, -0.15) is 0 Å². The van der Waals surface area contributed by atoms with Crippen LogP contribution in [0.25, 0.3) is 16.7 Å². The summed E-state index contributed by atoms with van der Waals surface area (Å²) in [5.41, 5.74) is 7.50. The van der Waals surface area contributed by atoms with Gasteiger partial charge < -0.3 is 5.73 Å². The van der Waals surface area contributed by atoms with Crippen LogP contribution in [0.2, 0.25) is 5.02 Å². The standard InChI is InChI=1S/C13H7ClF2IN3/c14-7-4-12-10(5-8(7)16)19-13(18)20(12)11-2-1-6(15)3-9(11)17/h1-5H,(H2,18,19). The number of hydrogen-bond donors (Lipinski definition) is 1. The molecule has 102 valence electrons. The molecule has 7 heteroatoms. The van der Waals surface area contributed by atoms with E-state index in [1.165, 1.54) is 24.3 Å². The number of nitrogen functional groups attached to an aromatic ring is 1. The number of aromatic nitrogens is 2. The molecule has 0 aliphatic rings. The van der Waals surface area contributed by atoms with E-state index in [0.717, 1.165) is 0 Å². The molecule has 0 bridgehead atoms. The van der Waals surface area contributed by atoms with Crippen LogP contribution in [0.3, 0.4) is 0 Å². The van der Waals surface area contributed by atoms with E-state index in [-0.39, 0.29) is 16.8 Å². The largest absolute Gasteiger partial charge is 0.369 e. The van der Waals surface area contributed by atoms with Crippen molar-refractivity contribution < 1.29 is 8.78 Å². The van der Waals surface area contributed by atoms with E-state index in [9.17, 15) is 8.78 Å².